The van der Waals surface area contributed by atoms with Gasteiger partial charge >= 0.3 is 0 Å². The van der Waals surface area contributed by atoms with E-state index >= 15 is 0 Å². The molecule has 134 valence electrons. The van der Waals surface area contributed by atoms with Crippen molar-refractivity contribution < 1.29 is 4.79 Å². The average molecular weight is 342 g/mol. The zero-order chi connectivity index (χ0) is 18.0. The smallest absolute Gasteiger partial charge is 0.217 e. The van der Waals surface area contributed by atoms with Gasteiger partial charge in [0, 0.05) is 37.5 Å². The number of hydrogen-bond donors (Lipinski definition) is 1. The molecule has 1 aliphatic heterocycles. The molecule has 1 saturated heterocycles. The van der Waals surface area contributed by atoms with Crippen molar-refractivity contribution in [2.75, 3.05) is 6.54 Å². The first kappa shape index (κ1) is 17.5. The van der Waals surface area contributed by atoms with Gasteiger partial charge in [-0.2, -0.15) is 5.10 Å². The van der Waals surface area contributed by atoms with Gasteiger partial charge in [0.1, 0.15) is 5.82 Å². The molecule has 1 atom stereocenters. The maximum Gasteiger partial charge on any atom is 0.217 e. The van der Waals surface area contributed by atoms with E-state index in [0.717, 1.165) is 48.8 Å². The van der Waals surface area contributed by atoms with Crippen LogP contribution in [-0.2, 0) is 24.8 Å². The standard InChI is InChI=1S/C18H26N6O/c1-12-14(10-23(3)22-12)11-24-8-4-5-17(24)16-9-15(6-7-18(19)25)20-13(2)21-16/h9-10,17H,4-8,11H2,1-3H3,(H2,19,25)/t17-/m1/s1. The molecule has 2 N–H and O–H groups in total. The third kappa shape index (κ3) is 4.22. The van der Waals surface area contributed by atoms with E-state index in [4.69, 9.17) is 5.73 Å². The van der Waals surface area contributed by atoms with Crippen LogP contribution in [0, 0.1) is 13.8 Å². The second-order valence-electron chi connectivity index (χ2n) is 6.84. The summed E-state index contributed by atoms with van der Waals surface area (Å²) >= 11 is 0. The minimum Gasteiger partial charge on any atom is -0.370 e. The Bertz CT molecular complexity index is 769. The molecule has 3 rings (SSSR count). The number of nitrogens with two attached hydrogens (primary N) is 1. The monoisotopic (exact) mass is 342 g/mol. The predicted octanol–water partition coefficient (Wildman–Crippen LogP) is 1.58. The molecule has 1 fully saturated rings. The Morgan fingerprint density at radius 3 is 2.84 bits per heavy atom. The van der Waals surface area contributed by atoms with Gasteiger partial charge < -0.3 is 5.73 Å². The van der Waals surface area contributed by atoms with Crippen molar-refractivity contribution in [2.24, 2.45) is 12.8 Å². The topological polar surface area (TPSA) is 89.9 Å². The van der Waals surface area contributed by atoms with Crippen molar-refractivity contribution >= 4 is 5.91 Å². The SMILES string of the molecule is Cc1nc(CCC(N)=O)cc([C@H]2CCCN2Cc2cn(C)nc2C)n1. The van der Waals surface area contributed by atoms with E-state index in [1.165, 1.54) is 5.56 Å². The molecule has 0 radical (unpaired) electrons. The Morgan fingerprint density at radius 2 is 2.16 bits per heavy atom. The van der Waals surface area contributed by atoms with Gasteiger partial charge in [0.25, 0.3) is 0 Å². The molecule has 1 amide bonds. The second-order valence-corrected chi connectivity index (χ2v) is 6.84. The van der Waals surface area contributed by atoms with Crippen LogP contribution in [0.2, 0.25) is 0 Å². The third-order valence-corrected chi connectivity index (χ3v) is 4.73. The van der Waals surface area contributed by atoms with Crippen molar-refractivity contribution in [3.8, 4) is 0 Å². The quantitative estimate of drug-likeness (QED) is 0.861. The first-order valence-electron chi connectivity index (χ1n) is 8.78. The number of carbonyl (C=O) groups excluding carboxylic acids is 1. The Balaban J connectivity index is 1.79. The van der Waals surface area contributed by atoms with Crippen LogP contribution in [0.15, 0.2) is 12.3 Å². The summed E-state index contributed by atoms with van der Waals surface area (Å²) in [6.07, 6.45) is 5.22. The molecule has 0 aliphatic carbocycles. The van der Waals surface area contributed by atoms with E-state index < -0.39 is 0 Å². The van der Waals surface area contributed by atoms with E-state index in [1.807, 2.05) is 24.7 Å². The number of aromatic nitrogens is 4. The molecule has 7 heteroatoms. The number of primary amides is 1. The lowest BCUT2D eigenvalue weighted by Gasteiger charge is -2.24. The zero-order valence-corrected chi connectivity index (χ0v) is 15.2. The van der Waals surface area contributed by atoms with E-state index in [1.54, 1.807) is 0 Å². The van der Waals surface area contributed by atoms with Crippen LogP contribution in [0.1, 0.15) is 53.8 Å². The van der Waals surface area contributed by atoms with Crippen LogP contribution in [-0.4, -0.2) is 37.1 Å². The number of carbonyl (C=O) groups is 1. The van der Waals surface area contributed by atoms with Crippen molar-refractivity contribution in [1.82, 2.24) is 24.6 Å². The molecule has 1 aliphatic rings. The largest absolute Gasteiger partial charge is 0.370 e. The number of likely N-dealkylation sites (tertiary alicyclic amines) is 1. The molecule has 25 heavy (non-hydrogen) atoms. The lowest BCUT2D eigenvalue weighted by atomic mass is 10.1. The molecular formula is C18H26N6O. The average Bonchev–Trinajstić information content (AvgIpc) is 3.11. The highest BCUT2D eigenvalue weighted by Gasteiger charge is 2.28. The minimum atomic E-state index is -0.299. The van der Waals surface area contributed by atoms with Gasteiger partial charge in [0.15, 0.2) is 0 Å². The summed E-state index contributed by atoms with van der Waals surface area (Å²) in [6.45, 7) is 5.89. The van der Waals surface area contributed by atoms with Crippen LogP contribution < -0.4 is 5.73 Å². The van der Waals surface area contributed by atoms with Crippen LogP contribution in [0.4, 0.5) is 0 Å². The van der Waals surface area contributed by atoms with E-state index in [0.29, 0.717) is 12.8 Å². The molecule has 7 nitrogen and oxygen atoms in total. The molecule has 2 aromatic rings. The molecule has 2 aromatic heterocycles. The molecule has 3 heterocycles. The Kier molecular flexibility index (Phi) is 5.13. The summed E-state index contributed by atoms with van der Waals surface area (Å²) in [6, 6.07) is 2.32. The van der Waals surface area contributed by atoms with Gasteiger partial charge in [0.2, 0.25) is 5.91 Å². The van der Waals surface area contributed by atoms with Crippen molar-refractivity contribution in [3.63, 3.8) is 0 Å². The minimum absolute atomic E-state index is 0.286. The molecule has 0 unspecified atom stereocenters. The molecule has 0 spiro atoms. The summed E-state index contributed by atoms with van der Waals surface area (Å²) in [5, 5.41) is 4.44. The highest BCUT2D eigenvalue weighted by Crippen LogP contribution is 2.32. The summed E-state index contributed by atoms with van der Waals surface area (Å²) < 4.78 is 1.87. The Morgan fingerprint density at radius 1 is 1.36 bits per heavy atom. The van der Waals surface area contributed by atoms with Crippen LogP contribution >= 0.6 is 0 Å². The Labute approximate surface area is 148 Å². The Hall–Kier alpha value is -2.28. The fourth-order valence-corrected chi connectivity index (χ4v) is 3.58. The summed E-state index contributed by atoms with van der Waals surface area (Å²) in [4.78, 5) is 22.6. The fourth-order valence-electron chi connectivity index (χ4n) is 3.58. The van der Waals surface area contributed by atoms with E-state index in [2.05, 4.69) is 33.1 Å². The highest BCUT2D eigenvalue weighted by atomic mass is 16.1. The molecule has 0 aromatic carbocycles. The number of rotatable bonds is 6. The molecular weight excluding hydrogens is 316 g/mol. The summed E-state index contributed by atoms with van der Waals surface area (Å²) in [7, 11) is 1.96. The lowest BCUT2D eigenvalue weighted by Crippen LogP contribution is -2.24. The van der Waals surface area contributed by atoms with Crippen molar-refractivity contribution in [3.05, 3.63) is 40.7 Å². The lowest BCUT2D eigenvalue weighted by molar-refractivity contribution is -0.118. The van der Waals surface area contributed by atoms with Gasteiger partial charge in [-0.1, -0.05) is 0 Å². The van der Waals surface area contributed by atoms with Crippen molar-refractivity contribution in [1.29, 1.82) is 0 Å². The van der Waals surface area contributed by atoms with Crippen molar-refractivity contribution in [2.45, 2.75) is 52.1 Å². The maximum absolute atomic E-state index is 11.1. The second kappa shape index (κ2) is 7.31. The molecule has 0 bridgehead atoms. The predicted molar refractivity (Wildman–Crippen MR) is 94.6 cm³/mol. The highest BCUT2D eigenvalue weighted by molar-refractivity contribution is 5.73. The van der Waals surface area contributed by atoms with E-state index in [-0.39, 0.29) is 11.9 Å². The summed E-state index contributed by atoms with van der Waals surface area (Å²) in [5.41, 5.74) is 9.54. The van der Waals surface area contributed by atoms with Gasteiger partial charge in [-0.05, 0) is 45.7 Å². The third-order valence-electron chi connectivity index (χ3n) is 4.73. The van der Waals surface area contributed by atoms with Crippen LogP contribution in [0.25, 0.3) is 0 Å². The van der Waals surface area contributed by atoms with Gasteiger partial charge in [-0.25, -0.2) is 9.97 Å². The first-order valence-corrected chi connectivity index (χ1v) is 8.78. The van der Waals surface area contributed by atoms with Crippen LogP contribution in [0.3, 0.4) is 0 Å². The maximum atomic E-state index is 11.1. The number of aryl methyl sites for hydroxylation is 4. The number of nitrogens with zero attached hydrogens (tertiary/aromatic N) is 5. The summed E-state index contributed by atoms with van der Waals surface area (Å²) in [5.74, 6) is 0.453. The van der Waals surface area contributed by atoms with Gasteiger partial charge in [-0.3, -0.25) is 14.4 Å². The van der Waals surface area contributed by atoms with Gasteiger partial charge in [-0.15, -0.1) is 0 Å². The van der Waals surface area contributed by atoms with Crippen LogP contribution in [0.5, 0.6) is 0 Å². The fraction of sp³-hybridized carbons (Fsp3) is 0.556. The zero-order valence-electron chi connectivity index (χ0n) is 15.2. The van der Waals surface area contributed by atoms with Gasteiger partial charge in [0.05, 0.1) is 17.4 Å². The first-order chi connectivity index (χ1) is 11.9. The molecule has 0 saturated carbocycles. The van der Waals surface area contributed by atoms with E-state index in [9.17, 15) is 4.79 Å². The number of amides is 1. The normalized spacial score (nSPS) is 18.0. The number of hydrogen-bond acceptors (Lipinski definition) is 5.